The average Bonchev–Trinajstić information content (AvgIpc) is 2.31. The highest BCUT2D eigenvalue weighted by Crippen LogP contribution is 2.16. The first-order valence-electron chi connectivity index (χ1n) is 6.90. The van der Waals surface area contributed by atoms with Crippen molar-refractivity contribution in [3.63, 3.8) is 0 Å². The number of rotatable bonds is 6. The molecule has 4 nitrogen and oxygen atoms in total. The van der Waals surface area contributed by atoms with Crippen molar-refractivity contribution in [1.29, 1.82) is 0 Å². The third-order valence-corrected chi connectivity index (χ3v) is 3.58. The zero-order valence-electron chi connectivity index (χ0n) is 11.2. The van der Waals surface area contributed by atoms with E-state index in [0.717, 1.165) is 38.6 Å². The lowest BCUT2D eigenvalue weighted by molar-refractivity contribution is -0.121. The van der Waals surface area contributed by atoms with Crippen LogP contribution in [0.15, 0.2) is 0 Å². The van der Waals surface area contributed by atoms with Gasteiger partial charge in [-0.25, -0.2) is 0 Å². The van der Waals surface area contributed by atoms with E-state index in [4.69, 9.17) is 5.73 Å². The van der Waals surface area contributed by atoms with Gasteiger partial charge in [0.05, 0.1) is 0 Å². The fourth-order valence-electron chi connectivity index (χ4n) is 2.16. The van der Waals surface area contributed by atoms with Crippen molar-refractivity contribution in [2.45, 2.75) is 70.5 Å². The van der Waals surface area contributed by atoms with E-state index < -0.39 is 0 Å². The number of carbonyl (C=O) groups is 1. The maximum absolute atomic E-state index is 11.5. The highest BCUT2D eigenvalue weighted by atomic mass is 16.1. The van der Waals surface area contributed by atoms with Gasteiger partial charge in [-0.2, -0.15) is 0 Å². The fraction of sp³-hybridized carbons (Fsp3) is 0.923. The summed E-state index contributed by atoms with van der Waals surface area (Å²) in [6, 6.07) is 1.24. The molecule has 1 fully saturated rings. The van der Waals surface area contributed by atoms with Crippen molar-refractivity contribution in [3.8, 4) is 0 Å². The van der Waals surface area contributed by atoms with E-state index in [0.29, 0.717) is 18.5 Å². The van der Waals surface area contributed by atoms with E-state index in [2.05, 4.69) is 17.6 Å². The molecule has 0 aromatic carbocycles. The summed E-state index contributed by atoms with van der Waals surface area (Å²) in [6.07, 6.45) is 6.07. The predicted molar refractivity (Wildman–Crippen MR) is 70.7 cm³/mol. The Bertz CT molecular complexity index is 225. The molecule has 4 N–H and O–H groups in total. The Labute approximate surface area is 105 Å². The van der Waals surface area contributed by atoms with Gasteiger partial charge in [-0.05, 0) is 39.0 Å². The zero-order chi connectivity index (χ0) is 12.7. The maximum atomic E-state index is 11.5. The molecule has 17 heavy (non-hydrogen) atoms. The van der Waals surface area contributed by atoms with Crippen molar-refractivity contribution in [3.05, 3.63) is 0 Å². The number of amides is 1. The maximum Gasteiger partial charge on any atom is 0.221 e. The van der Waals surface area contributed by atoms with Crippen LogP contribution >= 0.6 is 0 Å². The summed E-state index contributed by atoms with van der Waals surface area (Å²) in [5.41, 5.74) is 5.85. The Hall–Kier alpha value is -0.610. The van der Waals surface area contributed by atoms with Crippen LogP contribution in [0.25, 0.3) is 0 Å². The normalized spacial score (nSPS) is 26.5. The Morgan fingerprint density at radius 1 is 1.35 bits per heavy atom. The highest BCUT2D eigenvalue weighted by Gasteiger charge is 2.17. The number of nitrogens with two attached hydrogens (primary N) is 1. The molecule has 4 heteroatoms. The fourth-order valence-corrected chi connectivity index (χ4v) is 2.16. The first-order chi connectivity index (χ1) is 8.11. The van der Waals surface area contributed by atoms with Gasteiger partial charge in [0.15, 0.2) is 0 Å². The standard InChI is InChI=1S/C13H27N3O/c1-3-10(2)16-13(17)8-9-15-12-6-4-11(14)5-7-12/h10-12,15H,3-9,14H2,1-2H3,(H,16,17). The number of hydrogen-bond donors (Lipinski definition) is 3. The van der Waals surface area contributed by atoms with Crippen LogP contribution in [0.4, 0.5) is 0 Å². The summed E-state index contributed by atoms with van der Waals surface area (Å²) in [5.74, 6) is 0.152. The molecule has 0 radical (unpaired) electrons. The van der Waals surface area contributed by atoms with Gasteiger partial charge >= 0.3 is 0 Å². The molecule has 0 aliphatic heterocycles. The second kappa shape index (κ2) is 7.67. The summed E-state index contributed by atoms with van der Waals surface area (Å²) in [6.45, 7) is 4.89. The van der Waals surface area contributed by atoms with Crippen LogP contribution in [0.3, 0.4) is 0 Å². The quantitative estimate of drug-likeness (QED) is 0.653. The van der Waals surface area contributed by atoms with Crippen LogP contribution in [-0.2, 0) is 4.79 Å². The second-order valence-electron chi connectivity index (χ2n) is 5.19. The lowest BCUT2D eigenvalue weighted by Gasteiger charge is -2.26. The first-order valence-corrected chi connectivity index (χ1v) is 6.90. The number of carbonyl (C=O) groups excluding carboxylic acids is 1. The third kappa shape index (κ3) is 6.03. The van der Waals surface area contributed by atoms with Crippen LogP contribution in [0.1, 0.15) is 52.4 Å². The van der Waals surface area contributed by atoms with E-state index in [1.165, 1.54) is 0 Å². The predicted octanol–water partition coefficient (Wildman–Crippen LogP) is 1.15. The van der Waals surface area contributed by atoms with Gasteiger partial charge in [0.2, 0.25) is 5.91 Å². The molecule has 0 spiro atoms. The van der Waals surface area contributed by atoms with E-state index in [-0.39, 0.29) is 11.9 Å². The zero-order valence-corrected chi connectivity index (χ0v) is 11.2. The molecule has 1 aliphatic carbocycles. The van der Waals surface area contributed by atoms with E-state index in [1.807, 2.05) is 6.92 Å². The Morgan fingerprint density at radius 2 is 2.00 bits per heavy atom. The summed E-state index contributed by atoms with van der Waals surface area (Å²) in [4.78, 5) is 11.5. The van der Waals surface area contributed by atoms with Gasteiger partial charge in [0, 0.05) is 31.1 Å². The third-order valence-electron chi connectivity index (χ3n) is 3.58. The number of nitrogens with one attached hydrogen (secondary N) is 2. The summed E-state index contributed by atoms with van der Waals surface area (Å²) in [7, 11) is 0. The Balaban J connectivity index is 2.05. The molecule has 1 unspecified atom stereocenters. The average molecular weight is 241 g/mol. The summed E-state index contributed by atoms with van der Waals surface area (Å²) >= 11 is 0. The van der Waals surface area contributed by atoms with E-state index in [9.17, 15) is 4.79 Å². The second-order valence-corrected chi connectivity index (χ2v) is 5.19. The minimum absolute atomic E-state index is 0.152. The van der Waals surface area contributed by atoms with Crippen molar-refractivity contribution >= 4 is 5.91 Å². The molecule has 1 saturated carbocycles. The largest absolute Gasteiger partial charge is 0.354 e. The van der Waals surface area contributed by atoms with Crippen molar-refractivity contribution in [2.24, 2.45) is 5.73 Å². The van der Waals surface area contributed by atoms with E-state index >= 15 is 0 Å². The van der Waals surface area contributed by atoms with Crippen LogP contribution in [0, 0.1) is 0 Å². The van der Waals surface area contributed by atoms with Crippen LogP contribution in [-0.4, -0.2) is 30.6 Å². The van der Waals surface area contributed by atoms with E-state index in [1.54, 1.807) is 0 Å². The molecule has 1 rings (SSSR count). The molecule has 0 bridgehead atoms. The van der Waals surface area contributed by atoms with Crippen LogP contribution in [0.5, 0.6) is 0 Å². The van der Waals surface area contributed by atoms with Gasteiger partial charge in [-0.1, -0.05) is 6.92 Å². The SMILES string of the molecule is CCC(C)NC(=O)CCNC1CCC(N)CC1. The van der Waals surface area contributed by atoms with Crippen LogP contribution < -0.4 is 16.4 Å². The molecule has 100 valence electrons. The first kappa shape index (κ1) is 14.5. The van der Waals surface area contributed by atoms with Crippen LogP contribution in [0.2, 0.25) is 0 Å². The molecule has 0 saturated heterocycles. The van der Waals surface area contributed by atoms with Gasteiger partial charge < -0.3 is 16.4 Å². The summed E-state index contributed by atoms with van der Waals surface area (Å²) < 4.78 is 0. The van der Waals surface area contributed by atoms with Gasteiger partial charge in [0.1, 0.15) is 0 Å². The van der Waals surface area contributed by atoms with Gasteiger partial charge in [0.25, 0.3) is 0 Å². The molecule has 0 aromatic heterocycles. The molecule has 0 heterocycles. The lowest BCUT2D eigenvalue weighted by Crippen LogP contribution is -2.40. The molecule has 0 aromatic rings. The molecule has 1 aliphatic rings. The van der Waals surface area contributed by atoms with Crippen molar-refractivity contribution < 1.29 is 4.79 Å². The molecular formula is C13H27N3O. The minimum Gasteiger partial charge on any atom is -0.354 e. The summed E-state index contributed by atoms with van der Waals surface area (Å²) in [5, 5.41) is 6.42. The Morgan fingerprint density at radius 3 is 2.59 bits per heavy atom. The molecule has 1 atom stereocenters. The molecular weight excluding hydrogens is 214 g/mol. The van der Waals surface area contributed by atoms with Crippen molar-refractivity contribution in [1.82, 2.24) is 10.6 Å². The minimum atomic E-state index is 0.152. The van der Waals surface area contributed by atoms with Crippen molar-refractivity contribution in [2.75, 3.05) is 6.54 Å². The highest BCUT2D eigenvalue weighted by molar-refractivity contribution is 5.76. The Kier molecular flexibility index (Phi) is 6.52. The van der Waals surface area contributed by atoms with Gasteiger partial charge in [-0.15, -0.1) is 0 Å². The monoisotopic (exact) mass is 241 g/mol. The smallest absolute Gasteiger partial charge is 0.221 e. The lowest BCUT2D eigenvalue weighted by atomic mass is 9.92. The molecule has 1 amide bonds. The topological polar surface area (TPSA) is 67.2 Å². The number of hydrogen-bond acceptors (Lipinski definition) is 3. The van der Waals surface area contributed by atoms with Gasteiger partial charge in [-0.3, -0.25) is 4.79 Å².